The Kier molecular flexibility index (Phi) is 7.09. The van der Waals surface area contributed by atoms with Gasteiger partial charge >= 0.3 is 5.97 Å². The molecule has 1 amide bonds. The van der Waals surface area contributed by atoms with Gasteiger partial charge < -0.3 is 10.0 Å². The minimum Gasteiger partial charge on any atom is -0.477 e. The van der Waals surface area contributed by atoms with Crippen LogP contribution in [0.2, 0.25) is 0 Å². The molecular weight excluding hydrogens is 488 g/mol. The van der Waals surface area contributed by atoms with Crippen molar-refractivity contribution in [2.75, 3.05) is 18.0 Å². The number of aromatic amines is 1. The third-order valence-electron chi connectivity index (χ3n) is 6.33. The summed E-state index contributed by atoms with van der Waals surface area (Å²) in [5.41, 5.74) is 0.0442. The Morgan fingerprint density at radius 1 is 1.26 bits per heavy atom. The normalized spacial score (nSPS) is 20.5. The number of rotatable bonds is 5. The summed E-state index contributed by atoms with van der Waals surface area (Å²) in [5, 5.41) is 16.2. The second kappa shape index (κ2) is 9.76. The van der Waals surface area contributed by atoms with Crippen LogP contribution in [0.4, 0.5) is 5.69 Å². The van der Waals surface area contributed by atoms with E-state index in [0.717, 1.165) is 43.4 Å². The SMILES string of the molecule is CC(C)(C)C#Cc1cc(N2C(=O)CN(S(=O)(=O)c3cn[nH]c3)C[C@H]2C2CCCCC2)c(C(=O)O)s1. The Morgan fingerprint density at radius 2 is 1.97 bits per heavy atom. The zero-order valence-corrected chi connectivity index (χ0v) is 21.7. The summed E-state index contributed by atoms with van der Waals surface area (Å²) in [6.45, 7) is 5.63. The Labute approximate surface area is 209 Å². The number of thiophene rings is 1. The molecule has 11 heteroatoms. The van der Waals surface area contributed by atoms with E-state index >= 15 is 0 Å². The highest BCUT2D eigenvalue weighted by Crippen LogP contribution is 2.39. The van der Waals surface area contributed by atoms with Crippen molar-refractivity contribution in [3.8, 4) is 11.8 Å². The number of sulfonamides is 1. The summed E-state index contributed by atoms with van der Waals surface area (Å²) in [4.78, 5) is 27.9. The number of nitrogens with one attached hydrogen (secondary N) is 1. The molecule has 2 N–H and O–H groups in total. The predicted octanol–water partition coefficient (Wildman–Crippen LogP) is 3.55. The monoisotopic (exact) mass is 518 g/mol. The van der Waals surface area contributed by atoms with Crippen LogP contribution in [-0.2, 0) is 14.8 Å². The smallest absolute Gasteiger partial charge is 0.348 e. The van der Waals surface area contributed by atoms with E-state index in [0.29, 0.717) is 10.6 Å². The molecule has 9 nitrogen and oxygen atoms in total. The molecule has 0 radical (unpaired) electrons. The number of carboxylic acid groups (broad SMARTS) is 1. The number of anilines is 1. The molecule has 35 heavy (non-hydrogen) atoms. The molecule has 1 aliphatic carbocycles. The van der Waals surface area contributed by atoms with Crippen LogP contribution < -0.4 is 4.90 Å². The largest absolute Gasteiger partial charge is 0.477 e. The highest BCUT2D eigenvalue weighted by molar-refractivity contribution is 7.89. The predicted molar refractivity (Wildman–Crippen MR) is 133 cm³/mol. The maximum Gasteiger partial charge on any atom is 0.348 e. The molecular formula is C24H30N4O5S2. The second-order valence-corrected chi connectivity index (χ2v) is 13.1. The van der Waals surface area contributed by atoms with Gasteiger partial charge in [-0.05, 0) is 45.6 Å². The Bertz CT molecular complexity index is 1260. The van der Waals surface area contributed by atoms with E-state index in [4.69, 9.17) is 0 Å². The summed E-state index contributed by atoms with van der Waals surface area (Å²) in [6, 6.07) is 1.20. The second-order valence-electron chi connectivity index (χ2n) is 10.1. The van der Waals surface area contributed by atoms with Gasteiger partial charge in [0.1, 0.15) is 9.77 Å². The fourth-order valence-corrected chi connectivity index (χ4v) is 6.85. The van der Waals surface area contributed by atoms with Crippen LogP contribution in [0.1, 0.15) is 67.4 Å². The lowest BCUT2D eigenvalue weighted by molar-refractivity contribution is -0.121. The highest BCUT2D eigenvalue weighted by Gasteiger charge is 2.44. The zero-order chi connectivity index (χ0) is 25.4. The molecule has 2 aliphatic rings. The van der Waals surface area contributed by atoms with Crippen molar-refractivity contribution in [3.63, 3.8) is 0 Å². The van der Waals surface area contributed by atoms with Gasteiger partial charge in [-0.25, -0.2) is 13.2 Å². The van der Waals surface area contributed by atoms with Gasteiger partial charge in [0.05, 0.1) is 29.3 Å². The van der Waals surface area contributed by atoms with E-state index < -0.39 is 27.9 Å². The molecule has 1 aliphatic heterocycles. The lowest BCUT2D eigenvalue weighted by Gasteiger charge is -2.44. The fraction of sp³-hybridized carbons (Fsp3) is 0.542. The molecule has 2 aromatic rings. The minimum absolute atomic E-state index is 0.00245. The molecule has 0 bridgehead atoms. The van der Waals surface area contributed by atoms with E-state index in [9.17, 15) is 23.1 Å². The molecule has 1 saturated heterocycles. The van der Waals surface area contributed by atoms with Crippen molar-refractivity contribution in [1.29, 1.82) is 0 Å². The van der Waals surface area contributed by atoms with E-state index in [1.807, 2.05) is 20.8 Å². The fourth-order valence-electron chi connectivity index (χ4n) is 4.70. The Hall–Kier alpha value is -2.68. The van der Waals surface area contributed by atoms with Crippen molar-refractivity contribution in [1.82, 2.24) is 14.5 Å². The van der Waals surface area contributed by atoms with Crippen LogP contribution in [0, 0.1) is 23.2 Å². The molecule has 188 valence electrons. The average molecular weight is 519 g/mol. The summed E-state index contributed by atoms with van der Waals surface area (Å²) < 4.78 is 27.6. The summed E-state index contributed by atoms with van der Waals surface area (Å²) in [7, 11) is -3.92. The van der Waals surface area contributed by atoms with Gasteiger partial charge in [0, 0.05) is 18.2 Å². The topological polar surface area (TPSA) is 124 Å². The summed E-state index contributed by atoms with van der Waals surface area (Å²) >= 11 is 1.05. The lowest BCUT2D eigenvalue weighted by Crippen LogP contribution is -2.60. The first-order valence-electron chi connectivity index (χ1n) is 11.7. The van der Waals surface area contributed by atoms with Crippen LogP contribution in [0.15, 0.2) is 23.4 Å². The molecule has 0 aromatic carbocycles. The molecule has 0 spiro atoms. The maximum atomic E-state index is 13.5. The van der Waals surface area contributed by atoms with Crippen molar-refractivity contribution >= 4 is 38.9 Å². The Balaban J connectivity index is 1.76. The number of hydrogen-bond acceptors (Lipinski definition) is 6. The first-order valence-corrected chi connectivity index (χ1v) is 13.9. The van der Waals surface area contributed by atoms with Crippen LogP contribution in [-0.4, -0.2) is 59.0 Å². The van der Waals surface area contributed by atoms with Gasteiger partial charge in [-0.3, -0.25) is 9.89 Å². The number of nitrogens with zero attached hydrogens (tertiary/aromatic N) is 3. The van der Waals surface area contributed by atoms with Gasteiger partial charge in [0.25, 0.3) is 0 Å². The molecule has 2 aromatic heterocycles. The molecule has 3 heterocycles. The van der Waals surface area contributed by atoms with Crippen molar-refractivity contribution in [2.24, 2.45) is 11.3 Å². The highest BCUT2D eigenvalue weighted by atomic mass is 32.2. The van der Waals surface area contributed by atoms with Crippen LogP contribution >= 0.6 is 11.3 Å². The van der Waals surface area contributed by atoms with Crippen molar-refractivity contribution < 1.29 is 23.1 Å². The average Bonchev–Trinajstić information content (AvgIpc) is 3.48. The van der Waals surface area contributed by atoms with E-state index in [1.54, 1.807) is 11.0 Å². The summed E-state index contributed by atoms with van der Waals surface area (Å²) in [6.07, 6.45) is 7.33. The number of aromatic carboxylic acids is 1. The van der Waals surface area contributed by atoms with Crippen LogP contribution in [0.25, 0.3) is 0 Å². The molecule has 4 rings (SSSR count). The number of carbonyl (C=O) groups is 2. The molecule has 1 atom stereocenters. The number of aromatic nitrogens is 2. The first-order chi connectivity index (χ1) is 16.5. The van der Waals surface area contributed by atoms with E-state index in [1.165, 1.54) is 16.7 Å². The van der Waals surface area contributed by atoms with Gasteiger partial charge in [-0.1, -0.05) is 31.1 Å². The number of carbonyl (C=O) groups excluding carboxylic acids is 1. The number of H-pyrrole nitrogens is 1. The van der Waals surface area contributed by atoms with Gasteiger partial charge in [-0.15, -0.1) is 11.3 Å². The quantitative estimate of drug-likeness (QED) is 0.584. The first kappa shape index (κ1) is 25.4. The van der Waals surface area contributed by atoms with E-state index in [-0.39, 0.29) is 34.2 Å². The maximum absolute atomic E-state index is 13.5. The van der Waals surface area contributed by atoms with Crippen molar-refractivity contribution in [3.05, 3.63) is 28.2 Å². The molecule has 0 unspecified atom stereocenters. The third kappa shape index (κ3) is 5.44. The molecule has 2 fully saturated rings. The van der Waals surface area contributed by atoms with Crippen LogP contribution in [0.5, 0.6) is 0 Å². The summed E-state index contributed by atoms with van der Waals surface area (Å²) in [5.74, 6) is 4.67. The lowest BCUT2D eigenvalue weighted by atomic mass is 9.82. The van der Waals surface area contributed by atoms with Crippen LogP contribution in [0.3, 0.4) is 0 Å². The van der Waals surface area contributed by atoms with Gasteiger partial charge in [-0.2, -0.15) is 9.40 Å². The standard InChI is InChI=1S/C24H30N4O5S2/c1-24(2,3)10-9-17-11-19(22(34-17)23(30)31)28-20(16-7-5-4-6-8-16)14-27(15-21(28)29)35(32,33)18-12-25-26-13-18/h11-13,16,20H,4-8,14-15H2,1-3H3,(H,25,26)(H,30,31)/t20-/m0/s1. The number of piperazine rings is 1. The number of carboxylic acids is 1. The Morgan fingerprint density at radius 3 is 2.57 bits per heavy atom. The number of hydrogen-bond donors (Lipinski definition) is 2. The third-order valence-corrected chi connectivity index (χ3v) is 9.14. The van der Waals surface area contributed by atoms with Crippen molar-refractivity contribution in [2.45, 2.75) is 63.8 Å². The van der Waals surface area contributed by atoms with Gasteiger partial charge in [0.15, 0.2) is 0 Å². The minimum atomic E-state index is -3.92. The zero-order valence-electron chi connectivity index (χ0n) is 20.1. The number of amides is 1. The van der Waals surface area contributed by atoms with Gasteiger partial charge in [0.2, 0.25) is 15.9 Å². The molecule has 1 saturated carbocycles. The van der Waals surface area contributed by atoms with E-state index in [2.05, 4.69) is 22.0 Å².